The van der Waals surface area contributed by atoms with Crippen LogP contribution in [0.2, 0.25) is 0 Å². The van der Waals surface area contributed by atoms with Gasteiger partial charge in [-0.3, -0.25) is 4.79 Å². The fourth-order valence-corrected chi connectivity index (χ4v) is 5.00. The van der Waals surface area contributed by atoms with Gasteiger partial charge in [-0.15, -0.1) is 0 Å². The van der Waals surface area contributed by atoms with Crippen molar-refractivity contribution in [3.8, 4) is 0 Å². The normalized spacial score (nSPS) is 14.2. The first kappa shape index (κ1) is 32.6. The summed E-state index contributed by atoms with van der Waals surface area (Å²) in [6.45, 7) is 6.98. The van der Waals surface area contributed by atoms with Gasteiger partial charge in [0.05, 0.1) is 24.8 Å². The summed E-state index contributed by atoms with van der Waals surface area (Å²) in [5.41, 5.74) is 1.49. The molecule has 2 aromatic carbocycles. The van der Waals surface area contributed by atoms with Crippen molar-refractivity contribution in [2.24, 2.45) is 0 Å². The lowest BCUT2D eigenvalue weighted by Gasteiger charge is -2.34. The lowest BCUT2D eigenvalue weighted by Crippen LogP contribution is -2.46. The van der Waals surface area contributed by atoms with Crippen LogP contribution in [-0.4, -0.2) is 53.9 Å². The van der Waals surface area contributed by atoms with Gasteiger partial charge in [-0.2, -0.15) is 13.2 Å². The molecule has 0 unspecified atom stereocenters. The predicted octanol–water partition coefficient (Wildman–Crippen LogP) is 6.23. The number of piperidine rings is 1. The number of carbonyl (C=O) groups excluding carboxylic acids is 2. The molecule has 2 heterocycles. The van der Waals surface area contributed by atoms with Crippen LogP contribution in [0, 0.1) is 0 Å². The molecule has 0 atom stereocenters. The van der Waals surface area contributed by atoms with Crippen molar-refractivity contribution in [2.75, 3.05) is 30.4 Å². The molecule has 1 amide bonds. The summed E-state index contributed by atoms with van der Waals surface area (Å²) in [6, 6.07) is 14.6. The Bertz CT molecular complexity index is 1430. The molecule has 0 saturated carbocycles. The van der Waals surface area contributed by atoms with Crippen LogP contribution < -0.4 is 15.5 Å². The first-order valence-corrected chi connectivity index (χ1v) is 14.5. The Morgan fingerprint density at radius 1 is 0.977 bits per heavy atom. The average Bonchev–Trinajstić information content (AvgIpc) is 2.96. The number of ether oxygens (including phenoxy) is 2. The van der Waals surface area contributed by atoms with Crippen molar-refractivity contribution in [3.05, 3.63) is 77.1 Å². The molecule has 236 valence electrons. The number of benzene rings is 2. The van der Waals surface area contributed by atoms with Crippen molar-refractivity contribution in [1.29, 1.82) is 0 Å². The Labute approximate surface area is 255 Å². The number of carbonyl (C=O) groups is 2. The number of alkyl halides is 3. The van der Waals surface area contributed by atoms with Crippen LogP contribution in [0.25, 0.3) is 0 Å². The number of halogens is 3. The highest BCUT2D eigenvalue weighted by Gasteiger charge is 2.35. The van der Waals surface area contributed by atoms with E-state index in [1.54, 1.807) is 24.3 Å². The largest absolute Gasteiger partial charge is 0.469 e. The van der Waals surface area contributed by atoms with E-state index in [4.69, 9.17) is 9.47 Å². The number of methoxy groups -OCH3 is 1. The minimum atomic E-state index is -4.61. The molecule has 0 spiro atoms. The lowest BCUT2D eigenvalue weighted by molar-refractivity contribution is -0.140. The zero-order valence-electron chi connectivity index (χ0n) is 25.3. The molecule has 0 aliphatic carbocycles. The third-order valence-corrected chi connectivity index (χ3v) is 7.19. The zero-order chi connectivity index (χ0) is 31.9. The van der Waals surface area contributed by atoms with Crippen LogP contribution in [0.3, 0.4) is 0 Å². The number of aromatic nitrogens is 2. The number of amides is 1. The second-order valence-corrected chi connectivity index (χ2v) is 11.7. The number of aryl methyl sites for hydroxylation is 2. The van der Waals surface area contributed by atoms with Gasteiger partial charge in [-0.25, -0.2) is 14.8 Å². The van der Waals surface area contributed by atoms with Crippen molar-refractivity contribution in [1.82, 2.24) is 15.3 Å². The molecule has 44 heavy (non-hydrogen) atoms. The van der Waals surface area contributed by atoms with Crippen molar-refractivity contribution in [3.63, 3.8) is 0 Å². The van der Waals surface area contributed by atoms with Crippen LogP contribution in [0.4, 0.5) is 35.3 Å². The van der Waals surface area contributed by atoms with E-state index in [1.165, 1.54) is 7.11 Å². The highest BCUT2D eigenvalue weighted by atomic mass is 19.4. The number of alkyl carbamates (subject to hydrolysis) is 1. The summed E-state index contributed by atoms with van der Waals surface area (Å²) >= 11 is 0. The number of rotatable bonds is 9. The van der Waals surface area contributed by atoms with E-state index in [2.05, 4.69) is 25.5 Å². The SMILES string of the molecule is COC(=O)Cc1ccccc1CCc1nc(Nc2ccc(N3CCC(NC(=O)OC(C)(C)C)CC3)cc2)ncc1C(F)(F)F. The number of hydrogen-bond acceptors (Lipinski definition) is 8. The third-order valence-electron chi connectivity index (χ3n) is 7.19. The summed E-state index contributed by atoms with van der Waals surface area (Å²) in [7, 11) is 1.29. The zero-order valence-corrected chi connectivity index (χ0v) is 25.3. The molecule has 12 heteroatoms. The van der Waals surface area contributed by atoms with Crippen LogP contribution in [0.1, 0.15) is 56.0 Å². The van der Waals surface area contributed by atoms with Gasteiger partial charge in [0, 0.05) is 36.7 Å². The van der Waals surface area contributed by atoms with Crippen LogP contribution in [0.5, 0.6) is 0 Å². The molecule has 1 aromatic heterocycles. The molecule has 0 bridgehead atoms. The average molecular weight is 614 g/mol. The molecule has 9 nitrogen and oxygen atoms in total. The second kappa shape index (κ2) is 14.0. The Morgan fingerprint density at radius 2 is 1.64 bits per heavy atom. The number of esters is 1. The molecule has 2 N–H and O–H groups in total. The van der Waals surface area contributed by atoms with E-state index in [0.717, 1.165) is 43.4 Å². The molecule has 4 rings (SSSR count). The summed E-state index contributed by atoms with van der Waals surface area (Å²) in [6.07, 6.45) is -2.39. The van der Waals surface area contributed by atoms with Gasteiger partial charge < -0.3 is 25.0 Å². The standard InChI is InChI=1S/C32H38F3N5O4/c1-31(2,3)44-30(42)38-24-15-17-40(18-16-24)25-12-10-23(11-13-25)37-29-36-20-26(32(33,34)35)27(39-29)14-9-21-7-5-6-8-22(21)19-28(41)43-4/h5-8,10-13,20,24H,9,14-19H2,1-4H3,(H,38,42)(H,36,37,39). The van der Waals surface area contributed by atoms with E-state index < -0.39 is 29.4 Å². The van der Waals surface area contributed by atoms with E-state index >= 15 is 0 Å². The molecule has 3 aromatic rings. The van der Waals surface area contributed by atoms with Gasteiger partial charge >= 0.3 is 18.2 Å². The van der Waals surface area contributed by atoms with Gasteiger partial charge in [-0.05, 0) is 81.8 Å². The predicted molar refractivity (Wildman–Crippen MR) is 161 cm³/mol. The van der Waals surface area contributed by atoms with E-state index in [1.807, 2.05) is 45.0 Å². The summed E-state index contributed by atoms with van der Waals surface area (Å²) in [4.78, 5) is 34.2. The minimum absolute atomic E-state index is 0.00189. The Hall–Kier alpha value is -4.35. The van der Waals surface area contributed by atoms with Crippen molar-refractivity contribution < 1.29 is 32.2 Å². The minimum Gasteiger partial charge on any atom is -0.469 e. The van der Waals surface area contributed by atoms with E-state index in [9.17, 15) is 22.8 Å². The highest BCUT2D eigenvalue weighted by Crippen LogP contribution is 2.32. The van der Waals surface area contributed by atoms with Crippen molar-refractivity contribution >= 4 is 29.4 Å². The first-order chi connectivity index (χ1) is 20.8. The fourth-order valence-electron chi connectivity index (χ4n) is 5.00. The molecule has 1 aliphatic heterocycles. The second-order valence-electron chi connectivity index (χ2n) is 11.7. The van der Waals surface area contributed by atoms with Gasteiger partial charge in [0.2, 0.25) is 5.95 Å². The summed E-state index contributed by atoms with van der Waals surface area (Å²) in [5.74, 6) is -0.370. The van der Waals surface area contributed by atoms with Gasteiger partial charge in [-0.1, -0.05) is 24.3 Å². The maximum absolute atomic E-state index is 13.8. The van der Waals surface area contributed by atoms with Crippen LogP contribution >= 0.6 is 0 Å². The summed E-state index contributed by atoms with van der Waals surface area (Å²) in [5, 5.41) is 5.94. The highest BCUT2D eigenvalue weighted by molar-refractivity contribution is 5.73. The number of anilines is 3. The molecule has 1 saturated heterocycles. The first-order valence-electron chi connectivity index (χ1n) is 14.5. The smallest absolute Gasteiger partial charge is 0.419 e. The van der Waals surface area contributed by atoms with Gasteiger partial charge in [0.15, 0.2) is 0 Å². The van der Waals surface area contributed by atoms with Gasteiger partial charge in [0.1, 0.15) is 5.60 Å². The molecule has 1 aliphatic rings. The molecule has 0 radical (unpaired) electrons. The van der Waals surface area contributed by atoms with E-state index in [-0.39, 0.29) is 36.9 Å². The van der Waals surface area contributed by atoms with E-state index in [0.29, 0.717) is 11.3 Å². The lowest BCUT2D eigenvalue weighted by atomic mass is 9.98. The van der Waals surface area contributed by atoms with Crippen LogP contribution in [0.15, 0.2) is 54.7 Å². The Balaban J connectivity index is 1.39. The van der Waals surface area contributed by atoms with Crippen molar-refractivity contribution in [2.45, 2.75) is 70.7 Å². The number of hydrogen-bond donors (Lipinski definition) is 2. The maximum atomic E-state index is 13.8. The molecular formula is C32H38F3N5O4. The monoisotopic (exact) mass is 613 g/mol. The third kappa shape index (κ3) is 9.32. The number of nitrogens with one attached hydrogen (secondary N) is 2. The quantitative estimate of drug-likeness (QED) is 0.274. The number of nitrogens with zero attached hydrogens (tertiary/aromatic N) is 3. The Morgan fingerprint density at radius 3 is 2.25 bits per heavy atom. The topological polar surface area (TPSA) is 106 Å². The van der Waals surface area contributed by atoms with Crippen LogP contribution in [-0.2, 0) is 39.7 Å². The molecular weight excluding hydrogens is 575 g/mol. The fraction of sp³-hybridized carbons (Fsp3) is 0.438. The summed E-state index contributed by atoms with van der Waals surface area (Å²) < 4.78 is 51.5. The Kier molecular flexibility index (Phi) is 10.3. The maximum Gasteiger partial charge on any atom is 0.419 e. The molecule has 1 fully saturated rings. The van der Waals surface area contributed by atoms with Gasteiger partial charge in [0.25, 0.3) is 0 Å².